The Bertz CT molecular complexity index is 737. The molecule has 4 nitrogen and oxygen atoms in total. The number of rotatable bonds is 4. The Morgan fingerprint density at radius 3 is 2.71 bits per heavy atom. The summed E-state index contributed by atoms with van der Waals surface area (Å²) < 4.78 is 7.60. The van der Waals surface area contributed by atoms with Gasteiger partial charge in [-0.2, -0.15) is 5.10 Å². The fourth-order valence-corrected chi connectivity index (χ4v) is 2.77. The highest BCUT2D eigenvalue weighted by Gasteiger charge is 2.16. The summed E-state index contributed by atoms with van der Waals surface area (Å²) in [6, 6.07) is 9.73. The van der Waals surface area contributed by atoms with E-state index in [-0.39, 0.29) is 0 Å². The van der Waals surface area contributed by atoms with E-state index in [0.29, 0.717) is 12.2 Å². The molecule has 0 saturated heterocycles. The largest absolute Gasteiger partial charge is 0.458 e. The van der Waals surface area contributed by atoms with Gasteiger partial charge in [0.2, 0.25) is 0 Å². The number of aliphatic hydroxyl groups is 1. The number of hydrogen-bond acceptors (Lipinski definition) is 3. The molecular weight excluding hydrogens is 264 g/mol. The van der Waals surface area contributed by atoms with Gasteiger partial charge in [0, 0.05) is 18.1 Å². The number of aromatic nitrogens is 2. The predicted octanol–water partition coefficient (Wildman–Crippen LogP) is 3.45. The third kappa shape index (κ3) is 2.59. The number of furan rings is 1. The molecule has 1 aromatic carbocycles. The average molecular weight is 284 g/mol. The molecule has 1 N–H and O–H groups in total. The van der Waals surface area contributed by atoms with E-state index >= 15 is 0 Å². The van der Waals surface area contributed by atoms with Gasteiger partial charge in [0.1, 0.15) is 17.4 Å². The van der Waals surface area contributed by atoms with Crippen LogP contribution in [-0.4, -0.2) is 14.9 Å². The van der Waals surface area contributed by atoms with Crippen molar-refractivity contribution in [3.63, 3.8) is 0 Å². The molecule has 3 aromatic rings. The quantitative estimate of drug-likeness (QED) is 0.798. The summed E-state index contributed by atoms with van der Waals surface area (Å²) >= 11 is 0. The maximum atomic E-state index is 10.4. The van der Waals surface area contributed by atoms with Crippen molar-refractivity contribution in [3.8, 4) is 0 Å². The Balaban J connectivity index is 1.75. The van der Waals surface area contributed by atoms with Gasteiger partial charge in [-0.05, 0) is 44.4 Å². The Morgan fingerprint density at radius 2 is 2.05 bits per heavy atom. The van der Waals surface area contributed by atoms with E-state index in [1.165, 1.54) is 5.56 Å². The Hall–Kier alpha value is -2.07. The van der Waals surface area contributed by atoms with Crippen molar-refractivity contribution in [1.29, 1.82) is 0 Å². The fourth-order valence-electron chi connectivity index (χ4n) is 2.77. The molecule has 2 heterocycles. The monoisotopic (exact) mass is 284 g/mol. The highest BCUT2D eigenvalue weighted by molar-refractivity contribution is 5.77. The molecule has 1 atom stereocenters. The summed E-state index contributed by atoms with van der Waals surface area (Å²) in [5, 5.41) is 15.8. The van der Waals surface area contributed by atoms with Gasteiger partial charge in [0.15, 0.2) is 0 Å². The molecule has 0 radical (unpaired) electrons. The van der Waals surface area contributed by atoms with Crippen molar-refractivity contribution in [2.45, 2.75) is 32.8 Å². The molecular formula is C17H20N2O2. The second-order valence-corrected chi connectivity index (χ2v) is 5.51. The smallest absolute Gasteiger partial charge is 0.134 e. The van der Waals surface area contributed by atoms with E-state index in [2.05, 4.69) is 12.0 Å². The molecule has 0 amide bonds. The lowest BCUT2D eigenvalue weighted by Gasteiger charge is -2.07. The zero-order valence-corrected chi connectivity index (χ0v) is 12.6. The van der Waals surface area contributed by atoms with Crippen LogP contribution in [0.2, 0.25) is 0 Å². The lowest BCUT2D eigenvalue weighted by molar-refractivity contribution is 0.143. The Labute approximate surface area is 124 Å². The van der Waals surface area contributed by atoms with E-state index < -0.39 is 6.10 Å². The number of fused-ring (bicyclic) bond motifs is 1. The topological polar surface area (TPSA) is 51.2 Å². The van der Waals surface area contributed by atoms with Crippen LogP contribution >= 0.6 is 0 Å². The van der Waals surface area contributed by atoms with Gasteiger partial charge in [-0.25, -0.2) is 0 Å². The van der Waals surface area contributed by atoms with Gasteiger partial charge in [0.05, 0.1) is 5.69 Å². The number of nitrogens with zero attached hydrogens (tertiary/aromatic N) is 2. The number of para-hydroxylation sites is 1. The lowest BCUT2D eigenvalue weighted by atomic mass is 10.0. The van der Waals surface area contributed by atoms with Crippen LogP contribution in [0.1, 0.15) is 35.2 Å². The Morgan fingerprint density at radius 1 is 1.29 bits per heavy atom. The maximum absolute atomic E-state index is 10.4. The highest BCUT2D eigenvalue weighted by Crippen LogP contribution is 2.27. The van der Waals surface area contributed by atoms with Crippen LogP contribution in [0.5, 0.6) is 0 Å². The van der Waals surface area contributed by atoms with Gasteiger partial charge in [-0.15, -0.1) is 0 Å². The summed E-state index contributed by atoms with van der Waals surface area (Å²) in [4.78, 5) is 0. The van der Waals surface area contributed by atoms with Crippen LogP contribution in [0.25, 0.3) is 11.0 Å². The average Bonchev–Trinajstić information content (AvgIpc) is 2.99. The summed E-state index contributed by atoms with van der Waals surface area (Å²) in [5.41, 5.74) is 4.23. The minimum absolute atomic E-state index is 0.587. The third-order valence-electron chi connectivity index (χ3n) is 4.10. The van der Waals surface area contributed by atoms with E-state index in [0.717, 1.165) is 28.8 Å². The Kier molecular flexibility index (Phi) is 3.55. The van der Waals surface area contributed by atoms with Crippen molar-refractivity contribution in [2.24, 2.45) is 7.05 Å². The first kappa shape index (κ1) is 13.9. The van der Waals surface area contributed by atoms with E-state index in [1.54, 1.807) is 0 Å². The number of aryl methyl sites for hydroxylation is 2. The van der Waals surface area contributed by atoms with Crippen LogP contribution < -0.4 is 0 Å². The van der Waals surface area contributed by atoms with Crippen molar-refractivity contribution >= 4 is 11.0 Å². The molecule has 0 spiro atoms. The van der Waals surface area contributed by atoms with E-state index in [9.17, 15) is 5.11 Å². The first-order valence-corrected chi connectivity index (χ1v) is 7.22. The molecule has 0 fully saturated rings. The standard InChI is InChI=1S/C17H20N2O2/c1-11-14(12(2)19(3)18-11)8-9-15(20)17-10-13-6-4-5-7-16(13)21-17/h4-7,10,15,20H,8-9H2,1-3H3. The van der Waals surface area contributed by atoms with Crippen molar-refractivity contribution in [3.05, 3.63) is 53.0 Å². The second kappa shape index (κ2) is 5.37. The fraction of sp³-hybridized carbons (Fsp3) is 0.353. The van der Waals surface area contributed by atoms with Crippen LogP contribution in [0.15, 0.2) is 34.7 Å². The van der Waals surface area contributed by atoms with Crippen molar-refractivity contribution in [2.75, 3.05) is 0 Å². The summed E-state index contributed by atoms with van der Waals surface area (Å²) in [6.45, 7) is 4.07. The molecule has 4 heteroatoms. The number of aliphatic hydroxyl groups excluding tert-OH is 1. The third-order valence-corrected chi connectivity index (χ3v) is 4.10. The van der Waals surface area contributed by atoms with Crippen LogP contribution in [0, 0.1) is 13.8 Å². The van der Waals surface area contributed by atoms with Crippen LogP contribution in [-0.2, 0) is 13.5 Å². The molecule has 0 bridgehead atoms. The van der Waals surface area contributed by atoms with Gasteiger partial charge >= 0.3 is 0 Å². The van der Waals surface area contributed by atoms with Gasteiger partial charge in [-0.1, -0.05) is 18.2 Å². The normalized spacial score (nSPS) is 13.0. The molecule has 0 aliphatic carbocycles. The molecule has 21 heavy (non-hydrogen) atoms. The lowest BCUT2D eigenvalue weighted by Crippen LogP contribution is -2.00. The minimum atomic E-state index is -0.587. The van der Waals surface area contributed by atoms with Gasteiger partial charge in [-0.3, -0.25) is 4.68 Å². The first-order chi connectivity index (χ1) is 10.1. The molecule has 2 aromatic heterocycles. The predicted molar refractivity (Wildman–Crippen MR) is 82.2 cm³/mol. The highest BCUT2D eigenvalue weighted by atomic mass is 16.4. The van der Waals surface area contributed by atoms with Gasteiger partial charge < -0.3 is 9.52 Å². The number of hydrogen-bond donors (Lipinski definition) is 1. The first-order valence-electron chi connectivity index (χ1n) is 7.22. The van der Waals surface area contributed by atoms with Crippen molar-refractivity contribution < 1.29 is 9.52 Å². The molecule has 110 valence electrons. The molecule has 3 rings (SSSR count). The molecule has 1 unspecified atom stereocenters. The molecule has 0 aliphatic heterocycles. The van der Waals surface area contributed by atoms with Crippen LogP contribution in [0.3, 0.4) is 0 Å². The molecule has 0 aliphatic rings. The van der Waals surface area contributed by atoms with Gasteiger partial charge in [0.25, 0.3) is 0 Å². The minimum Gasteiger partial charge on any atom is -0.458 e. The van der Waals surface area contributed by atoms with Crippen molar-refractivity contribution in [1.82, 2.24) is 9.78 Å². The van der Waals surface area contributed by atoms with Crippen LogP contribution in [0.4, 0.5) is 0 Å². The summed E-state index contributed by atoms with van der Waals surface area (Å²) in [7, 11) is 1.95. The SMILES string of the molecule is Cc1nn(C)c(C)c1CCC(O)c1cc2ccccc2o1. The number of benzene rings is 1. The molecule has 0 saturated carbocycles. The summed E-state index contributed by atoms with van der Waals surface area (Å²) in [6.07, 6.45) is 0.841. The zero-order chi connectivity index (χ0) is 15.0. The van der Waals surface area contributed by atoms with E-state index in [1.807, 2.05) is 49.0 Å². The van der Waals surface area contributed by atoms with E-state index in [4.69, 9.17) is 4.42 Å². The zero-order valence-electron chi connectivity index (χ0n) is 12.6. The summed E-state index contributed by atoms with van der Waals surface area (Å²) in [5.74, 6) is 0.635. The second-order valence-electron chi connectivity index (χ2n) is 5.51. The maximum Gasteiger partial charge on any atom is 0.134 e.